The number of halogens is 5. The van der Waals surface area contributed by atoms with Crippen molar-refractivity contribution >= 4 is 50.7 Å². The van der Waals surface area contributed by atoms with Gasteiger partial charge in [-0.15, -0.1) is 0 Å². The summed E-state index contributed by atoms with van der Waals surface area (Å²) in [5.41, 5.74) is -1.92. The molecule has 0 aliphatic carbocycles. The van der Waals surface area contributed by atoms with Crippen LogP contribution in [0.1, 0.15) is 18.9 Å². The minimum Gasteiger partial charge on any atom is -0.485 e. The second-order valence-corrected chi connectivity index (χ2v) is 12.0. The molecule has 1 aliphatic heterocycles. The molecule has 0 radical (unpaired) electrons. The molecule has 4 rings (SSSR count). The summed E-state index contributed by atoms with van der Waals surface area (Å²) < 4.78 is 74.9. The molecule has 3 aromatic rings. The highest BCUT2D eigenvalue weighted by atomic mass is 35.5. The molecule has 36 heavy (non-hydrogen) atoms. The Morgan fingerprint density at radius 2 is 1.81 bits per heavy atom. The van der Waals surface area contributed by atoms with Gasteiger partial charge in [-0.1, -0.05) is 47.1 Å². The van der Waals surface area contributed by atoms with E-state index in [1.54, 1.807) is 25.1 Å². The first-order valence-corrected chi connectivity index (χ1v) is 13.8. The number of rotatable bonds is 7. The topological polar surface area (TPSA) is 67.4 Å². The van der Waals surface area contributed by atoms with E-state index in [2.05, 4.69) is 10.0 Å². The molecule has 12 heteroatoms. The largest absolute Gasteiger partial charge is 0.485 e. The zero-order chi connectivity index (χ0) is 26.1. The third-order valence-electron chi connectivity index (χ3n) is 5.48. The van der Waals surface area contributed by atoms with Crippen molar-refractivity contribution in [2.75, 3.05) is 17.8 Å². The van der Waals surface area contributed by atoms with Gasteiger partial charge in [0, 0.05) is 28.8 Å². The highest BCUT2D eigenvalue weighted by Crippen LogP contribution is 2.41. The number of sulfonamides is 1. The summed E-state index contributed by atoms with van der Waals surface area (Å²) in [6.45, 7) is 2.67. The molecule has 5 nitrogen and oxygen atoms in total. The molecular weight excluding hydrogens is 556 g/mol. The first kappa shape index (κ1) is 26.9. The maximum atomic E-state index is 13.6. The van der Waals surface area contributed by atoms with Gasteiger partial charge in [0.2, 0.25) is 0 Å². The van der Waals surface area contributed by atoms with E-state index in [0.717, 1.165) is 23.1 Å². The van der Waals surface area contributed by atoms with Crippen molar-refractivity contribution < 1.29 is 26.3 Å². The van der Waals surface area contributed by atoms with Gasteiger partial charge in [0.05, 0.1) is 21.3 Å². The Kier molecular flexibility index (Phi) is 7.73. The van der Waals surface area contributed by atoms with Crippen LogP contribution in [0, 0.1) is 0 Å². The fourth-order valence-electron chi connectivity index (χ4n) is 3.68. The van der Waals surface area contributed by atoms with Crippen LogP contribution in [0.2, 0.25) is 10.0 Å². The number of anilines is 1. The molecule has 0 spiro atoms. The Morgan fingerprint density at radius 1 is 1.06 bits per heavy atom. The van der Waals surface area contributed by atoms with Gasteiger partial charge in [-0.05, 0) is 55.9 Å². The van der Waals surface area contributed by atoms with Gasteiger partial charge < -0.3 is 10.1 Å². The van der Waals surface area contributed by atoms with Crippen LogP contribution >= 0.6 is 35.0 Å². The van der Waals surface area contributed by atoms with Crippen molar-refractivity contribution in [3.8, 4) is 5.75 Å². The van der Waals surface area contributed by atoms with Crippen LogP contribution in [0.25, 0.3) is 0 Å². The molecule has 0 aromatic heterocycles. The van der Waals surface area contributed by atoms with Gasteiger partial charge in [-0.25, -0.2) is 8.42 Å². The first-order chi connectivity index (χ1) is 16.9. The molecule has 0 bridgehead atoms. The Bertz CT molecular complexity index is 1380. The maximum Gasteiger partial charge on any atom is 0.419 e. The van der Waals surface area contributed by atoms with Crippen molar-refractivity contribution in [3.05, 3.63) is 76.3 Å². The summed E-state index contributed by atoms with van der Waals surface area (Å²) >= 11 is 13.8. The van der Waals surface area contributed by atoms with Gasteiger partial charge in [0.15, 0.2) is 0 Å². The van der Waals surface area contributed by atoms with Crippen LogP contribution in [0.15, 0.2) is 75.4 Å². The highest BCUT2D eigenvalue weighted by molar-refractivity contribution is 7.99. The minimum atomic E-state index is -4.67. The molecule has 1 aliphatic rings. The fourth-order valence-corrected chi connectivity index (χ4v) is 6.47. The van der Waals surface area contributed by atoms with Crippen LogP contribution in [0.3, 0.4) is 0 Å². The van der Waals surface area contributed by atoms with Crippen LogP contribution in [-0.2, 0) is 16.2 Å². The molecule has 192 valence electrons. The Morgan fingerprint density at radius 3 is 2.44 bits per heavy atom. The van der Waals surface area contributed by atoms with E-state index in [9.17, 15) is 21.6 Å². The summed E-state index contributed by atoms with van der Waals surface area (Å²) in [6.07, 6.45) is -4.16. The molecule has 1 fully saturated rings. The lowest BCUT2D eigenvalue weighted by Gasteiger charge is -2.27. The van der Waals surface area contributed by atoms with Gasteiger partial charge in [0.25, 0.3) is 10.0 Å². The van der Waals surface area contributed by atoms with Crippen LogP contribution in [0.5, 0.6) is 5.75 Å². The minimum absolute atomic E-state index is 0.0486. The number of ether oxygens (including phenoxy) is 1. The molecule has 1 heterocycles. The van der Waals surface area contributed by atoms with Gasteiger partial charge in [-0.3, -0.25) is 4.72 Å². The number of nitrogens with one attached hydrogen (secondary N) is 2. The molecule has 0 saturated carbocycles. The van der Waals surface area contributed by atoms with Crippen molar-refractivity contribution in [1.82, 2.24) is 5.32 Å². The van der Waals surface area contributed by atoms with E-state index in [4.69, 9.17) is 27.9 Å². The number of hydrogen-bond donors (Lipinski definition) is 2. The Labute approximate surface area is 221 Å². The first-order valence-electron chi connectivity index (χ1n) is 10.7. The Hall–Kier alpha value is -2.11. The molecule has 1 atom stereocenters. The second kappa shape index (κ2) is 10.3. The van der Waals surface area contributed by atoms with Crippen LogP contribution < -0.4 is 14.8 Å². The normalized spacial score (nSPS) is 18.3. The van der Waals surface area contributed by atoms with E-state index in [1.165, 1.54) is 23.9 Å². The molecule has 3 aromatic carbocycles. The van der Waals surface area contributed by atoms with E-state index in [1.807, 2.05) is 12.1 Å². The average Bonchev–Trinajstić information content (AvgIpc) is 3.20. The smallest absolute Gasteiger partial charge is 0.419 e. The van der Waals surface area contributed by atoms with Gasteiger partial charge in [-0.2, -0.15) is 13.2 Å². The van der Waals surface area contributed by atoms with E-state index in [-0.39, 0.29) is 15.6 Å². The zero-order valence-electron chi connectivity index (χ0n) is 18.8. The maximum absolute atomic E-state index is 13.6. The SMILES string of the molecule is C[C@@]1(Oc2cc(NS(=O)(=O)c3ccc(Sc4ccccc4Cl)cc3Cl)ccc2C(F)(F)F)CCNC1. The zero-order valence-corrected chi connectivity index (χ0v) is 22.0. The van der Waals surface area contributed by atoms with Crippen molar-refractivity contribution in [3.63, 3.8) is 0 Å². The summed E-state index contributed by atoms with van der Waals surface area (Å²) in [4.78, 5) is 1.21. The molecule has 2 N–H and O–H groups in total. The number of benzene rings is 3. The van der Waals surface area contributed by atoms with Crippen LogP contribution in [0.4, 0.5) is 18.9 Å². The van der Waals surface area contributed by atoms with Crippen molar-refractivity contribution in [1.29, 1.82) is 0 Å². The van der Waals surface area contributed by atoms with Crippen LogP contribution in [-0.4, -0.2) is 27.1 Å². The van der Waals surface area contributed by atoms with E-state index < -0.39 is 33.1 Å². The summed E-state index contributed by atoms with van der Waals surface area (Å²) in [5, 5.41) is 3.55. The fraction of sp³-hybridized carbons (Fsp3) is 0.250. The lowest BCUT2D eigenvalue weighted by atomic mass is 10.1. The van der Waals surface area contributed by atoms with Crippen molar-refractivity contribution in [2.45, 2.75) is 39.8 Å². The third-order valence-corrected chi connectivity index (χ3v) is 8.85. The summed E-state index contributed by atoms with van der Waals surface area (Å²) in [5.74, 6) is -0.452. The van der Waals surface area contributed by atoms with E-state index in [0.29, 0.717) is 29.4 Å². The number of alkyl halides is 3. The molecule has 0 amide bonds. The summed E-state index contributed by atoms with van der Waals surface area (Å²) in [7, 11) is -4.22. The second-order valence-electron chi connectivity index (χ2n) is 8.42. The predicted molar refractivity (Wildman–Crippen MR) is 136 cm³/mol. The lowest BCUT2D eigenvalue weighted by Crippen LogP contribution is -2.35. The monoisotopic (exact) mass is 576 g/mol. The molecule has 0 unspecified atom stereocenters. The Balaban J connectivity index is 1.60. The molecule has 1 saturated heterocycles. The van der Waals surface area contributed by atoms with Gasteiger partial charge >= 0.3 is 6.18 Å². The summed E-state index contributed by atoms with van der Waals surface area (Å²) in [6, 6.07) is 14.4. The van der Waals surface area contributed by atoms with Gasteiger partial charge in [0.1, 0.15) is 16.2 Å². The van der Waals surface area contributed by atoms with E-state index >= 15 is 0 Å². The third kappa shape index (κ3) is 6.23. The standard InChI is InChI=1S/C24H21Cl2F3N2O3S2/c1-23(10-11-30-14-23)34-20-12-15(6-8-17(20)24(27,28)29)31-36(32,33)22-9-7-16(13-19(22)26)35-21-5-3-2-4-18(21)25/h2-9,12-13,30-31H,10-11,14H2,1H3/t23-/m1/s1. The highest BCUT2D eigenvalue weighted by Gasteiger charge is 2.38. The average molecular weight is 577 g/mol. The number of hydrogen-bond acceptors (Lipinski definition) is 5. The quantitative estimate of drug-likeness (QED) is 0.314. The van der Waals surface area contributed by atoms with Crippen molar-refractivity contribution in [2.24, 2.45) is 0 Å². The lowest BCUT2D eigenvalue weighted by molar-refractivity contribution is -0.139. The molecular formula is C24H21Cl2F3N2O3S2. The predicted octanol–water partition coefficient (Wildman–Crippen LogP) is 7.10.